The van der Waals surface area contributed by atoms with Gasteiger partial charge in [-0.1, -0.05) is 50.2 Å². The van der Waals surface area contributed by atoms with Crippen molar-refractivity contribution in [2.24, 2.45) is 11.7 Å². The molecule has 44 heavy (non-hydrogen) atoms. The van der Waals surface area contributed by atoms with Crippen LogP contribution in [0.4, 0.5) is 0 Å². The van der Waals surface area contributed by atoms with Crippen LogP contribution in [0.5, 0.6) is 0 Å². The maximum Gasteiger partial charge on any atom is 0.326 e. The van der Waals surface area contributed by atoms with E-state index in [4.69, 9.17) is 10.8 Å². The van der Waals surface area contributed by atoms with Crippen LogP contribution in [0.1, 0.15) is 31.4 Å². The highest BCUT2D eigenvalue weighted by Crippen LogP contribution is 2.21. The van der Waals surface area contributed by atoms with Crippen LogP contribution in [0, 0.1) is 5.92 Å². The lowest BCUT2D eigenvalue weighted by atomic mass is 9.99. The summed E-state index contributed by atoms with van der Waals surface area (Å²) in [4.78, 5) is 69.3. The monoisotopic (exact) mass is 604 g/mol. The van der Waals surface area contributed by atoms with E-state index in [-0.39, 0.29) is 12.8 Å². The second-order valence-electron chi connectivity index (χ2n) is 11.0. The number of benzene rings is 2. The van der Waals surface area contributed by atoms with Gasteiger partial charge in [-0.2, -0.15) is 0 Å². The van der Waals surface area contributed by atoms with Crippen LogP contribution in [0.2, 0.25) is 0 Å². The van der Waals surface area contributed by atoms with Gasteiger partial charge in [0.25, 0.3) is 0 Å². The Hall–Kier alpha value is -5.17. The van der Waals surface area contributed by atoms with E-state index in [1.165, 1.54) is 0 Å². The molecular formula is C31H36N6O7. The summed E-state index contributed by atoms with van der Waals surface area (Å²) < 4.78 is 0. The standard InChI is InChI=1S/C31H36N6O7/c1-16(2)27(30(42)36-25(31(43)44)12-18-15-34-23-10-6-4-8-20(18)23)37-29(41)24(35-28(40)21(32)13-26(38)39)11-17-14-33-22-9-5-3-7-19(17)22/h3-10,14-16,21,24-25,27,33-34H,11-13,32H2,1-2H3,(H,35,40)(H,36,42)(H,37,41)(H,38,39)(H,43,44). The van der Waals surface area contributed by atoms with Gasteiger partial charge in [-0.05, 0) is 29.2 Å². The number of carboxylic acid groups (broad SMARTS) is 2. The van der Waals surface area contributed by atoms with Gasteiger partial charge in [-0.15, -0.1) is 0 Å². The minimum atomic E-state index is -1.41. The van der Waals surface area contributed by atoms with Gasteiger partial charge in [0, 0.05) is 47.0 Å². The molecule has 0 aliphatic heterocycles. The molecule has 0 saturated heterocycles. The highest BCUT2D eigenvalue weighted by molar-refractivity contribution is 5.96. The van der Waals surface area contributed by atoms with Gasteiger partial charge >= 0.3 is 11.9 Å². The summed E-state index contributed by atoms with van der Waals surface area (Å²) in [5.74, 6) is -5.25. The zero-order valence-corrected chi connectivity index (χ0v) is 24.3. The fourth-order valence-electron chi connectivity index (χ4n) is 5.06. The molecule has 4 rings (SSSR count). The molecule has 0 aliphatic rings. The topological polar surface area (TPSA) is 219 Å². The minimum Gasteiger partial charge on any atom is -0.481 e. The summed E-state index contributed by atoms with van der Waals surface area (Å²) in [7, 11) is 0. The number of para-hydroxylation sites is 2. The van der Waals surface area contributed by atoms with Crippen molar-refractivity contribution in [3.05, 3.63) is 72.1 Å². The third kappa shape index (κ3) is 7.61. The molecule has 0 saturated carbocycles. The van der Waals surface area contributed by atoms with Crippen molar-refractivity contribution in [3.8, 4) is 0 Å². The van der Waals surface area contributed by atoms with E-state index in [9.17, 15) is 29.1 Å². The lowest BCUT2D eigenvalue weighted by molar-refractivity contribution is -0.142. The number of amides is 3. The molecular weight excluding hydrogens is 568 g/mol. The molecule has 2 aromatic carbocycles. The van der Waals surface area contributed by atoms with Crippen molar-refractivity contribution in [1.82, 2.24) is 25.9 Å². The van der Waals surface area contributed by atoms with Gasteiger partial charge in [-0.25, -0.2) is 4.79 Å². The zero-order valence-electron chi connectivity index (χ0n) is 24.3. The first-order valence-corrected chi connectivity index (χ1v) is 14.2. The fraction of sp³-hybridized carbons (Fsp3) is 0.323. The molecule has 232 valence electrons. The van der Waals surface area contributed by atoms with Crippen LogP contribution in [0.15, 0.2) is 60.9 Å². The molecule has 2 aromatic heterocycles. The second-order valence-corrected chi connectivity index (χ2v) is 11.0. The quantitative estimate of drug-likeness (QED) is 0.105. The summed E-state index contributed by atoms with van der Waals surface area (Å²) in [6.45, 7) is 3.38. The molecule has 2 heterocycles. The predicted octanol–water partition coefficient (Wildman–Crippen LogP) is 1.43. The number of aromatic amines is 2. The average molecular weight is 605 g/mol. The van der Waals surface area contributed by atoms with Gasteiger partial charge in [0.2, 0.25) is 17.7 Å². The van der Waals surface area contributed by atoms with E-state index < -0.39 is 66.2 Å². The maximum absolute atomic E-state index is 13.6. The molecule has 0 aliphatic carbocycles. The zero-order chi connectivity index (χ0) is 32.0. The number of hydrogen-bond donors (Lipinski definition) is 8. The normalized spacial score (nSPS) is 14.1. The van der Waals surface area contributed by atoms with Gasteiger partial charge < -0.3 is 41.9 Å². The largest absolute Gasteiger partial charge is 0.481 e. The van der Waals surface area contributed by atoms with E-state index in [0.29, 0.717) is 11.1 Å². The van der Waals surface area contributed by atoms with E-state index in [1.54, 1.807) is 26.2 Å². The Balaban J connectivity index is 1.53. The molecule has 0 radical (unpaired) electrons. The molecule has 3 amide bonds. The van der Waals surface area contributed by atoms with Crippen molar-refractivity contribution >= 4 is 51.5 Å². The minimum absolute atomic E-state index is 0.00452. The Morgan fingerprint density at radius 1 is 0.727 bits per heavy atom. The number of fused-ring (bicyclic) bond motifs is 2. The first-order chi connectivity index (χ1) is 20.9. The van der Waals surface area contributed by atoms with E-state index in [1.807, 2.05) is 48.5 Å². The molecule has 13 heteroatoms. The third-order valence-corrected chi connectivity index (χ3v) is 7.42. The number of carbonyl (C=O) groups is 5. The van der Waals surface area contributed by atoms with E-state index in [0.717, 1.165) is 21.8 Å². The first-order valence-electron chi connectivity index (χ1n) is 14.2. The van der Waals surface area contributed by atoms with E-state index >= 15 is 0 Å². The third-order valence-electron chi connectivity index (χ3n) is 7.42. The lowest BCUT2D eigenvalue weighted by Crippen LogP contribution is -2.59. The van der Waals surface area contributed by atoms with Crippen molar-refractivity contribution in [2.75, 3.05) is 0 Å². The summed E-state index contributed by atoms with van der Waals surface area (Å²) in [5, 5.41) is 28.4. The maximum atomic E-state index is 13.6. The van der Waals surface area contributed by atoms with Crippen molar-refractivity contribution in [3.63, 3.8) is 0 Å². The Morgan fingerprint density at radius 3 is 1.73 bits per heavy atom. The number of aromatic nitrogens is 2. The first kappa shape index (κ1) is 31.8. The van der Waals surface area contributed by atoms with Gasteiger partial charge in [-0.3, -0.25) is 19.2 Å². The molecule has 4 atom stereocenters. The summed E-state index contributed by atoms with van der Waals surface area (Å²) in [5.41, 5.74) is 8.79. The van der Waals surface area contributed by atoms with Crippen molar-refractivity contribution in [1.29, 1.82) is 0 Å². The van der Waals surface area contributed by atoms with Crippen LogP contribution in [-0.2, 0) is 36.8 Å². The number of hydrogen-bond acceptors (Lipinski definition) is 6. The SMILES string of the molecule is CC(C)C(NC(=O)C(Cc1c[nH]c2ccccc12)NC(=O)C(N)CC(=O)O)C(=O)NC(Cc1c[nH]c2ccccc12)C(=O)O. The number of aliphatic carboxylic acids is 2. The number of nitrogens with two attached hydrogens (primary N) is 1. The highest BCUT2D eigenvalue weighted by Gasteiger charge is 2.33. The smallest absolute Gasteiger partial charge is 0.326 e. The Kier molecular flexibility index (Phi) is 10.0. The molecule has 0 fully saturated rings. The number of H-pyrrole nitrogens is 2. The molecule has 0 spiro atoms. The number of rotatable bonds is 14. The summed E-state index contributed by atoms with van der Waals surface area (Å²) in [6, 6.07) is 9.69. The molecule has 13 nitrogen and oxygen atoms in total. The Morgan fingerprint density at radius 2 is 1.23 bits per heavy atom. The summed E-state index contributed by atoms with van der Waals surface area (Å²) >= 11 is 0. The molecule has 4 aromatic rings. The van der Waals surface area contributed by atoms with Gasteiger partial charge in [0.05, 0.1) is 12.5 Å². The molecule has 0 bridgehead atoms. The second kappa shape index (κ2) is 13.9. The number of carbonyl (C=O) groups excluding carboxylic acids is 3. The van der Waals surface area contributed by atoms with Crippen LogP contribution >= 0.6 is 0 Å². The predicted molar refractivity (Wildman–Crippen MR) is 162 cm³/mol. The highest BCUT2D eigenvalue weighted by atomic mass is 16.4. The number of nitrogens with one attached hydrogen (secondary N) is 5. The van der Waals surface area contributed by atoms with E-state index in [2.05, 4.69) is 25.9 Å². The fourth-order valence-corrected chi connectivity index (χ4v) is 5.06. The Labute approximate surface area is 252 Å². The van der Waals surface area contributed by atoms with Crippen molar-refractivity contribution < 1.29 is 34.2 Å². The van der Waals surface area contributed by atoms with Crippen LogP contribution in [0.3, 0.4) is 0 Å². The molecule has 4 unspecified atom stereocenters. The Bertz CT molecular complexity index is 1680. The molecule has 9 N–H and O–H groups in total. The number of carboxylic acids is 2. The van der Waals surface area contributed by atoms with Crippen LogP contribution in [0.25, 0.3) is 21.8 Å². The summed E-state index contributed by atoms with van der Waals surface area (Å²) in [6.07, 6.45) is 2.76. The van der Waals surface area contributed by atoms with Crippen molar-refractivity contribution in [2.45, 2.75) is 57.3 Å². The van der Waals surface area contributed by atoms with Crippen LogP contribution < -0.4 is 21.7 Å². The lowest BCUT2D eigenvalue weighted by Gasteiger charge is -2.27. The average Bonchev–Trinajstić information content (AvgIpc) is 3.58. The van der Waals surface area contributed by atoms with Gasteiger partial charge in [0.15, 0.2) is 0 Å². The van der Waals surface area contributed by atoms with Gasteiger partial charge in [0.1, 0.15) is 18.1 Å². The van der Waals surface area contributed by atoms with Crippen LogP contribution in [-0.4, -0.2) is 74.0 Å².